The normalized spacial score (nSPS) is 21.6. The zero-order chi connectivity index (χ0) is 19.7. The largest absolute Gasteiger partial charge is 0.496 e. The van der Waals surface area contributed by atoms with Crippen LogP contribution in [0, 0.1) is 5.92 Å². The quantitative estimate of drug-likeness (QED) is 0.691. The minimum Gasteiger partial charge on any atom is -0.496 e. The van der Waals surface area contributed by atoms with Crippen molar-refractivity contribution in [1.29, 1.82) is 0 Å². The van der Waals surface area contributed by atoms with Crippen LogP contribution in [-0.2, 0) is 16.1 Å². The third kappa shape index (κ3) is 3.41. The van der Waals surface area contributed by atoms with Crippen molar-refractivity contribution >= 4 is 27.7 Å². The smallest absolute Gasteiger partial charge is 0.247 e. The molecule has 0 spiro atoms. The number of nitrogens with zero attached hydrogens (tertiary/aromatic N) is 1. The van der Waals surface area contributed by atoms with E-state index in [9.17, 15) is 9.59 Å². The number of rotatable bonds is 6. The number of likely N-dealkylation sites (tertiary alicyclic amines) is 1. The molecule has 1 saturated carbocycles. The van der Waals surface area contributed by atoms with E-state index in [-0.39, 0.29) is 23.8 Å². The molecule has 2 amide bonds. The Balaban J connectivity index is 1.60. The number of carbonyl (C=O) groups is 2. The van der Waals surface area contributed by atoms with Crippen molar-refractivity contribution in [3.05, 3.63) is 64.1 Å². The van der Waals surface area contributed by atoms with Gasteiger partial charge in [0.05, 0.1) is 17.5 Å². The molecule has 4 rings (SSSR count). The minimum atomic E-state index is -0.627. The van der Waals surface area contributed by atoms with Crippen molar-refractivity contribution in [3.63, 3.8) is 0 Å². The van der Waals surface area contributed by atoms with Gasteiger partial charge in [0.25, 0.3) is 0 Å². The van der Waals surface area contributed by atoms with Gasteiger partial charge < -0.3 is 15.0 Å². The second-order valence-corrected chi connectivity index (χ2v) is 8.20. The lowest BCUT2D eigenvalue weighted by Crippen LogP contribution is -2.61. The Bertz CT molecular complexity index is 887. The maximum Gasteiger partial charge on any atom is 0.247 e. The number of benzene rings is 2. The molecule has 1 aliphatic heterocycles. The molecular formula is C22H23BrN2O3. The van der Waals surface area contributed by atoms with Gasteiger partial charge >= 0.3 is 0 Å². The van der Waals surface area contributed by atoms with Gasteiger partial charge in [0.1, 0.15) is 11.8 Å². The Labute approximate surface area is 173 Å². The van der Waals surface area contributed by atoms with E-state index in [0.717, 1.165) is 34.9 Å². The summed E-state index contributed by atoms with van der Waals surface area (Å²) >= 11 is 3.50. The molecule has 0 aromatic heterocycles. The average Bonchev–Trinajstić information content (AvgIpc) is 3.15. The Morgan fingerprint density at radius 1 is 1.25 bits per heavy atom. The van der Waals surface area contributed by atoms with Crippen molar-refractivity contribution in [2.75, 3.05) is 7.11 Å². The number of nitrogens with one attached hydrogen (secondary N) is 1. The van der Waals surface area contributed by atoms with Gasteiger partial charge in [0, 0.05) is 12.6 Å². The third-order valence-electron chi connectivity index (χ3n) is 5.74. The Hall–Kier alpha value is -2.34. The van der Waals surface area contributed by atoms with E-state index in [1.807, 2.05) is 48.5 Å². The molecule has 2 aromatic rings. The first-order valence-electron chi connectivity index (χ1n) is 9.57. The highest BCUT2D eigenvalue weighted by atomic mass is 79.9. The summed E-state index contributed by atoms with van der Waals surface area (Å²) in [7, 11) is 1.60. The molecule has 2 aliphatic rings. The van der Waals surface area contributed by atoms with Crippen molar-refractivity contribution in [3.8, 4) is 5.75 Å². The van der Waals surface area contributed by atoms with Crippen LogP contribution < -0.4 is 10.1 Å². The Morgan fingerprint density at radius 3 is 2.75 bits per heavy atom. The molecule has 6 heteroatoms. The zero-order valence-electron chi connectivity index (χ0n) is 15.7. The average molecular weight is 443 g/mol. The number of methoxy groups -OCH3 is 1. The van der Waals surface area contributed by atoms with Gasteiger partial charge in [0.2, 0.25) is 11.8 Å². The molecule has 1 N–H and O–H groups in total. The van der Waals surface area contributed by atoms with Gasteiger partial charge in [-0.05, 0) is 52.0 Å². The maximum absolute atomic E-state index is 13.2. The third-order valence-corrected chi connectivity index (χ3v) is 6.36. The van der Waals surface area contributed by atoms with E-state index >= 15 is 0 Å². The molecule has 146 valence electrons. The summed E-state index contributed by atoms with van der Waals surface area (Å²) in [6, 6.07) is 14.9. The standard InChI is InChI=1S/C22H23BrN2O3/c1-28-19-11-10-15(12-17(19)23)20(25-18-9-5-8-16(18)22(25)27)21(26)24-13-14-6-3-2-4-7-14/h2-4,6-7,10-12,16,18,20H,5,8-9,13H2,1H3,(H,24,26)/t16-,18+,20?/m1/s1. The van der Waals surface area contributed by atoms with Crippen LogP contribution in [0.2, 0.25) is 0 Å². The summed E-state index contributed by atoms with van der Waals surface area (Å²) in [6.45, 7) is 0.434. The Morgan fingerprint density at radius 2 is 2.04 bits per heavy atom. The number of carbonyl (C=O) groups excluding carboxylic acids is 2. The molecular weight excluding hydrogens is 420 g/mol. The topological polar surface area (TPSA) is 58.6 Å². The number of halogens is 1. The van der Waals surface area contributed by atoms with Crippen LogP contribution in [0.4, 0.5) is 0 Å². The monoisotopic (exact) mass is 442 g/mol. The highest BCUT2D eigenvalue weighted by Gasteiger charge is 2.54. The predicted molar refractivity (Wildman–Crippen MR) is 110 cm³/mol. The first-order valence-corrected chi connectivity index (χ1v) is 10.4. The number of hydrogen-bond donors (Lipinski definition) is 1. The number of ether oxygens (including phenoxy) is 1. The molecule has 28 heavy (non-hydrogen) atoms. The lowest BCUT2D eigenvalue weighted by molar-refractivity contribution is -0.162. The van der Waals surface area contributed by atoms with Gasteiger partial charge in [0.15, 0.2) is 0 Å². The fourth-order valence-electron chi connectivity index (χ4n) is 4.33. The van der Waals surface area contributed by atoms with Crippen molar-refractivity contribution in [2.24, 2.45) is 5.92 Å². The van der Waals surface area contributed by atoms with Gasteiger partial charge in [-0.3, -0.25) is 9.59 Å². The number of hydrogen-bond acceptors (Lipinski definition) is 3. The number of β-lactam (4-membered cyclic amide) rings is 1. The minimum absolute atomic E-state index is 0.0890. The Kier molecular flexibility index (Phi) is 5.40. The molecule has 1 saturated heterocycles. The first-order chi connectivity index (χ1) is 13.6. The molecule has 2 fully saturated rings. The highest BCUT2D eigenvalue weighted by Crippen LogP contribution is 2.45. The second-order valence-electron chi connectivity index (χ2n) is 7.35. The number of amides is 2. The van der Waals surface area contributed by atoms with Crippen LogP contribution in [0.15, 0.2) is 53.0 Å². The molecule has 0 radical (unpaired) electrons. The first kappa shape index (κ1) is 19.0. The second kappa shape index (κ2) is 7.95. The molecule has 3 atom stereocenters. The van der Waals surface area contributed by atoms with Gasteiger partial charge in [-0.2, -0.15) is 0 Å². The van der Waals surface area contributed by atoms with Crippen LogP contribution in [-0.4, -0.2) is 29.9 Å². The molecule has 2 aromatic carbocycles. The van der Waals surface area contributed by atoms with E-state index < -0.39 is 6.04 Å². The SMILES string of the molecule is COc1ccc(C(C(=O)NCc2ccccc2)N2C(=O)[C@@H]3CCC[C@@H]32)cc1Br. The van der Waals surface area contributed by atoms with Crippen LogP contribution in [0.3, 0.4) is 0 Å². The van der Waals surface area contributed by atoms with E-state index in [4.69, 9.17) is 4.74 Å². The molecule has 1 unspecified atom stereocenters. The van der Waals surface area contributed by atoms with Crippen LogP contribution in [0.1, 0.15) is 36.4 Å². The van der Waals surface area contributed by atoms with Gasteiger partial charge in [-0.25, -0.2) is 0 Å². The van der Waals surface area contributed by atoms with Crippen LogP contribution in [0.5, 0.6) is 5.75 Å². The van der Waals surface area contributed by atoms with E-state index in [1.54, 1.807) is 12.0 Å². The fraction of sp³-hybridized carbons (Fsp3) is 0.364. The van der Waals surface area contributed by atoms with Crippen LogP contribution >= 0.6 is 15.9 Å². The summed E-state index contributed by atoms with van der Waals surface area (Å²) in [5.41, 5.74) is 1.82. The maximum atomic E-state index is 13.2. The number of fused-ring (bicyclic) bond motifs is 1. The van der Waals surface area contributed by atoms with Crippen LogP contribution in [0.25, 0.3) is 0 Å². The van der Waals surface area contributed by atoms with Crippen molar-refractivity contribution < 1.29 is 14.3 Å². The summed E-state index contributed by atoms with van der Waals surface area (Å²) in [6.07, 6.45) is 2.95. The lowest BCUT2D eigenvalue weighted by Gasteiger charge is -2.47. The van der Waals surface area contributed by atoms with Gasteiger partial charge in [-0.1, -0.05) is 42.8 Å². The van der Waals surface area contributed by atoms with Crippen molar-refractivity contribution in [2.45, 2.75) is 37.9 Å². The summed E-state index contributed by atoms with van der Waals surface area (Å²) < 4.78 is 6.08. The summed E-state index contributed by atoms with van der Waals surface area (Å²) in [5, 5.41) is 3.02. The molecule has 0 bridgehead atoms. The van der Waals surface area contributed by atoms with Gasteiger partial charge in [-0.15, -0.1) is 0 Å². The van der Waals surface area contributed by atoms with E-state index in [2.05, 4.69) is 21.2 Å². The lowest BCUT2D eigenvalue weighted by atomic mass is 9.86. The van der Waals surface area contributed by atoms with Crippen molar-refractivity contribution in [1.82, 2.24) is 10.2 Å². The summed E-state index contributed by atoms with van der Waals surface area (Å²) in [5.74, 6) is 0.723. The molecule has 5 nitrogen and oxygen atoms in total. The summed E-state index contributed by atoms with van der Waals surface area (Å²) in [4.78, 5) is 27.7. The predicted octanol–water partition coefficient (Wildman–Crippen LogP) is 3.83. The highest BCUT2D eigenvalue weighted by molar-refractivity contribution is 9.10. The van der Waals surface area contributed by atoms with E-state index in [0.29, 0.717) is 12.3 Å². The fourth-order valence-corrected chi connectivity index (χ4v) is 4.88. The zero-order valence-corrected chi connectivity index (χ0v) is 17.3. The molecule has 1 heterocycles. The van der Waals surface area contributed by atoms with E-state index in [1.165, 1.54) is 0 Å². The molecule has 1 aliphatic carbocycles.